The van der Waals surface area contributed by atoms with Crippen molar-refractivity contribution in [2.45, 2.75) is 25.3 Å². The minimum atomic E-state index is 0.255. The molecule has 0 aliphatic carbocycles. The highest BCUT2D eigenvalue weighted by Gasteiger charge is 2.40. The van der Waals surface area contributed by atoms with Gasteiger partial charge in [-0.2, -0.15) is 11.8 Å². The molecule has 25 heavy (non-hydrogen) atoms. The van der Waals surface area contributed by atoms with Gasteiger partial charge in [-0.3, -0.25) is 9.88 Å². The molecule has 2 saturated heterocycles. The molecule has 0 spiro atoms. The van der Waals surface area contributed by atoms with Gasteiger partial charge in [-0.05, 0) is 30.7 Å². The van der Waals surface area contributed by atoms with Crippen LogP contribution in [-0.4, -0.2) is 59.8 Å². The molecule has 0 radical (unpaired) electrons. The van der Waals surface area contributed by atoms with Gasteiger partial charge in [-0.25, -0.2) is 0 Å². The van der Waals surface area contributed by atoms with Crippen LogP contribution >= 0.6 is 11.8 Å². The SMILES string of the molecule is CCc1cc(NCC2(N3CCOCC3)CCSC2)c2ccccc2n1. The summed E-state index contributed by atoms with van der Waals surface area (Å²) in [5.74, 6) is 2.47. The summed E-state index contributed by atoms with van der Waals surface area (Å²) < 4.78 is 5.58. The summed E-state index contributed by atoms with van der Waals surface area (Å²) in [5, 5.41) is 5.03. The number of nitrogens with one attached hydrogen (secondary N) is 1. The van der Waals surface area contributed by atoms with Crippen LogP contribution in [0.2, 0.25) is 0 Å². The van der Waals surface area contributed by atoms with Crippen LogP contribution < -0.4 is 5.32 Å². The van der Waals surface area contributed by atoms with Gasteiger partial charge in [0.05, 0.1) is 18.7 Å². The van der Waals surface area contributed by atoms with Gasteiger partial charge in [0.1, 0.15) is 0 Å². The highest BCUT2D eigenvalue weighted by atomic mass is 32.2. The van der Waals surface area contributed by atoms with Crippen LogP contribution in [0.25, 0.3) is 10.9 Å². The summed E-state index contributed by atoms with van der Waals surface area (Å²) in [5.41, 5.74) is 3.73. The lowest BCUT2D eigenvalue weighted by Gasteiger charge is -2.43. The van der Waals surface area contributed by atoms with Gasteiger partial charge in [-0.1, -0.05) is 25.1 Å². The molecule has 3 heterocycles. The third kappa shape index (κ3) is 3.50. The molecular formula is C20H27N3OS. The molecule has 1 unspecified atom stereocenters. The van der Waals surface area contributed by atoms with E-state index < -0.39 is 0 Å². The molecule has 0 bridgehead atoms. The van der Waals surface area contributed by atoms with Crippen LogP contribution in [0.4, 0.5) is 5.69 Å². The monoisotopic (exact) mass is 357 g/mol. The Hall–Kier alpha value is -1.30. The fourth-order valence-corrected chi connectivity index (χ4v) is 5.43. The molecular weight excluding hydrogens is 330 g/mol. The fraction of sp³-hybridized carbons (Fsp3) is 0.550. The van der Waals surface area contributed by atoms with Gasteiger partial charge in [0.15, 0.2) is 0 Å². The van der Waals surface area contributed by atoms with E-state index in [1.807, 2.05) is 0 Å². The average molecular weight is 358 g/mol. The lowest BCUT2D eigenvalue weighted by molar-refractivity contribution is -0.00919. The van der Waals surface area contributed by atoms with Crippen molar-refractivity contribution in [1.29, 1.82) is 0 Å². The van der Waals surface area contributed by atoms with Crippen molar-refractivity contribution >= 4 is 28.4 Å². The van der Waals surface area contributed by atoms with Crippen LogP contribution in [-0.2, 0) is 11.2 Å². The van der Waals surface area contributed by atoms with Crippen LogP contribution in [0, 0.1) is 0 Å². The van der Waals surface area contributed by atoms with E-state index in [-0.39, 0.29) is 5.54 Å². The molecule has 134 valence electrons. The standard InChI is InChI=1S/C20H27N3OS/c1-2-16-13-19(17-5-3-4-6-18(17)22-16)21-14-20(7-12-25-15-20)23-8-10-24-11-9-23/h3-6,13H,2,7-12,14-15H2,1H3,(H,21,22). The fourth-order valence-electron chi connectivity index (χ4n) is 3.95. The molecule has 2 aliphatic rings. The maximum Gasteiger partial charge on any atom is 0.0726 e. The first-order chi connectivity index (χ1) is 12.3. The Morgan fingerprint density at radius 1 is 1.28 bits per heavy atom. The zero-order chi connectivity index (χ0) is 17.1. The van der Waals surface area contributed by atoms with Crippen molar-refractivity contribution in [3.63, 3.8) is 0 Å². The van der Waals surface area contributed by atoms with E-state index in [0.717, 1.165) is 50.5 Å². The molecule has 2 aromatic rings. The minimum Gasteiger partial charge on any atom is -0.383 e. The van der Waals surface area contributed by atoms with Crippen LogP contribution in [0.15, 0.2) is 30.3 Å². The second kappa shape index (κ2) is 7.52. The summed E-state index contributed by atoms with van der Waals surface area (Å²) in [7, 11) is 0. The third-order valence-electron chi connectivity index (χ3n) is 5.50. The number of para-hydroxylation sites is 1. The maximum absolute atomic E-state index is 5.58. The van der Waals surface area contributed by atoms with Gasteiger partial charge in [0.2, 0.25) is 0 Å². The van der Waals surface area contributed by atoms with Crippen molar-refractivity contribution in [3.05, 3.63) is 36.0 Å². The van der Waals surface area contributed by atoms with Gasteiger partial charge in [-0.15, -0.1) is 0 Å². The summed E-state index contributed by atoms with van der Waals surface area (Å²) in [6.07, 6.45) is 2.22. The molecule has 4 nitrogen and oxygen atoms in total. The zero-order valence-electron chi connectivity index (χ0n) is 15.0. The quantitative estimate of drug-likeness (QED) is 0.887. The molecule has 5 heteroatoms. The highest BCUT2D eigenvalue weighted by molar-refractivity contribution is 7.99. The number of nitrogens with zero attached hydrogens (tertiary/aromatic N) is 2. The number of aryl methyl sites for hydroxylation is 1. The number of benzene rings is 1. The molecule has 0 saturated carbocycles. The van der Waals surface area contributed by atoms with E-state index in [1.54, 1.807) is 0 Å². The summed E-state index contributed by atoms with van der Waals surface area (Å²) in [6, 6.07) is 10.7. The molecule has 1 atom stereocenters. The lowest BCUT2D eigenvalue weighted by atomic mass is 9.95. The Morgan fingerprint density at radius 3 is 2.88 bits per heavy atom. The van der Waals surface area contributed by atoms with Crippen LogP contribution in [0.3, 0.4) is 0 Å². The number of thioether (sulfide) groups is 1. The largest absolute Gasteiger partial charge is 0.383 e. The Balaban J connectivity index is 1.59. The van der Waals surface area contributed by atoms with Crippen LogP contribution in [0.5, 0.6) is 0 Å². The molecule has 1 aromatic heterocycles. The van der Waals surface area contributed by atoms with Crippen molar-refractivity contribution in [2.24, 2.45) is 0 Å². The second-order valence-corrected chi connectivity index (χ2v) is 8.12. The van der Waals surface area contributed by atoms with Crippen molar-refractivity contribution in [1.82, 2.24) is 9.88 Å². The Labute approximate surface area is 154 Å². The first-order valence-corrected chi connectivity index (χ1v) is 10.5. The second-order valence-electron chi connectivity index (χ2n) is 7.01. The van der Waals surface area contributed by atoms with Gasteiger partial charge in [0.25, 0.3) is 0 Å². The first-order valence-electron chi connectivity index (χ1n) is 9.34. The highest BCUT2D eigenvalue weighted by Crippen LogP contribution is 2.35. The van der Waals surface area contributed by atoms with E-state index in [1.165, 1.54) is 29.0 Å². The zero-order valence-corrected chi connectivity index (χ0v) is 15.8. The Bertz CT molecular complexity index is 724. The molecule has 0 amide bonds. The predicted molar refractivity (Wildman–Crippen MR) is 107 cm³/mol. The lowest BCUT2D eigenvalue weighted by Crippen LogP contribution is -2.57. The number of morpholine rings is 1. The van der Waals surface area contributed by atoms with Gasteiger partial charge in [0, 0.05) is 47.7 Å². The van der Waals surface area contributed by atoms with E-state index in [9.17, 15) is 0 Å². The number of pyridine rings is 1. The average Bonchev–Trinajstić information content (AvgIpc) is 3.17. The number of hydrogen-bond donors (Lipinski definition) is 1. The van der Waals surface area contributed by atoms with Crippen molar-refractivity contribution < 1.29 is 4.74 Å². The molecule has 4 rings (SSSR count). The smallest absolute Gasteiger partial charge is 0.0726 e. The number of rotatable bonds is 5. The van der Waals surface area contributed by atoms with Crippen molar-refractivity contribution in [2.75, 3.05) is 49.7 Å². The molecule has 2 aliphatic heterocycles. The van der Waals surface area contributed by atoms with Crippen LogP contribution in [0.1, 0.15) is 19.0 Å². The number of ether oxygens (including phenoxy) is 1. The molecule has 1 N–H and O–H groups in total. The molecule has 1 aromatic carbocycles. The third-order valence-corrected chi connectivity index (χ3v) is 6.74. The number of anilines is 1. The van der Waals surface area contributed by atoms with Gasteiger partial charge < -0.3 is 10.1 Å². The summed E-state index contributed by atoms with van der Waals surface area (Å²) in [4.78, 5) is 7.43. The number of aromatic nitrogens is 1. The predicted octanol–water partition coefficient (Wildman–Crippen LogP) is 3.42. The van der Waals surface area contributed by atoms with Crippen molar-refractivity contribution in [3.8, 4) is 0 Å². The van der Waals surface area contributed by atoms with E-state index in [2.05, 4.69) is 59.2 Å². The van der Waals surface area contributed by atoms with Gasteiger partial charge >= 0.3 is 0 Å². The first kappa shape index (κ1) is 17.1. The topological polar surface area (TPSA) is 37.4 Å². The Morgan fingerprint density at radius 2 is 2.12 bits per heavy atom. The Kier molecular flexibility index (Phi) is 5.15. The van der Waals surface area contributed by atoms with E-state index in [0.29, 0.717) is 0 Å². The summed E-state index contributed by atoms with van der Waals surface area (Å²) >= 11 is 2.09. The number of fused-ring (bicyclic) bond motifs is 1. The minimum absolute atomic E-state index is 0.255. The number of hydrogen-bond acceptors (Lipinski definition) is 5. The van der Waals surface area contributed by atoms with E-state index >= 15 is 0 Å². The van der Waals surface area contributed by atoms with E-state index in [4.69, 9.17) is 9.72 Å². The normalized spacial score (nSPS) is 24.7. The molecule has 2 fully saturated rings. The maximum atomic E-state index is 5.58. The summed E-state index contributed by atoms with van der Waals surface area (Å²) in [6.45, 7) is 7.01.